The van der Waals surface area contributed by atoms with Crippen LogP contribution in [0.4, 0.5) is 5.69 Å². The standard InChI is InChI=1S/C19H23N3O4/c1-13(17-10-9-16(25-3)11-18(17)26-4)21-22-19(23)12-20-14-5-7-15(24-2)8-6-14/h5-11,20H,12H2,1-4H3,(H,22,23)/b21-13+. The maximum Gasteiger partial charge on any atom is 0.259 e. The Morgan fingerprint density at radius 1 is 0.962 bits per heavy atom. The molecule has 0 aromatic heterocycles. The Labute approximate surface area is 153 Å². The highest BCUT2D eigenvalue weighted by molar-refractivity contribution is 6.01. The van der Waals surface area contributed by atoms with Crippen LogP contribution in [0.5, 0.6) is 17.2 Å². The molecule has 0 aliphatic carbocycles. The Hall–Kier alpha value is -3.22. The topological polar surface area (TPSA) is 81.2 Å². The Morgan fingerprint density at radius 3 is 2.23 bits per heavy atom. The second-order valence-electron chi connectivity index (χ2n) is 5.38. The molecule has 2 N–H and O–H groups in total. The molecule has 26 heavy (non-hydrogen) atoms. The number of hydrazone groups is 1. The van der Waals surface area contributed by atoms with Gasteiger partial charge in [-0.25, -0.2) is 5.43 Å². The summed E-state index contributed by atoms with van der Waals surface area (Å²) in [5, 5.41) is 7.15. The second kappa shape index (κ2) is 9.31. The summed E-state index contributed by atoms with van der Waals surface area (Å²) >= 11 is 0. The van der Waals surface area contributed by atoms with Gasteiger partial charge in [-0.3, -0.25) is 4.79 Å². The van der Waals surface area contributed by atoms with E-state index in [0.717, 1.165) is 17.0 Å². The van der Waals surface area contributed by atoms with Crippen molar-refractivity contribution in [2.24, 2.45) is 5.10 Å². The van der Waals surface area contributed by atoms with Gasteiger partial charge in [0.15, 0.2) is 0 Å². The minimum absolute atomic E-state index is 0.100. The number of benzene rings is 2. The largest absolute Gasteiger partial charge is 0.497 e. The van der Waals surface area contributed by atoms with E-state index >= 15 is 0 Å². The number of methoxy groups -OCH3 is 3. The number of rotatable bonds is 8. The Morgan fingerprint density at radius 2 is 1.62 bits per heavy atom. The summed E-state index contributed by atoms with van der Waals surface area (Å²) in [6.07, 6.45) is 0. The summed E-state index contributed by atoms with van der Waals surface area (Å²) in [7, 11) is 4.77. The first-order valence-electron chi connectivity index (χ1n) is 8.00. The summed E-state index contributed by atoms with van der Waals surface area (Å²) < 4.78 is 15.6. The summed E-state index contributed by atoms with van der Waals surface area (Å²) in [6.45, 7) is 1.89. The van der Waals surface area contributed by atoms with E-state index in [0.29, 0.717) is 17.2 Å². The molecule has 2 aromatic rings. The fourth-order valence-corrected chi connectivity index (χ4v) is 2.23. The molecule has 7 nitrogen and oxygen atoms in total. The van der Waals surface area contributed by atoms with Crippen molar-refractivity contribution in [3.63, 3.8) is 0 Å². The van der Waals surface area contributed by atoms with Crippen LogP contribution in [0.1, 0.15) is 12.5 Å². The van der Waals surface area contributed by atoms with Crippen molar-refractivity contribution in [1.82, 2.24) is 5.43 Å². The second-order valence-corrected chi connectivity index (χ2v) is 5.38. The molecular formula is C19H23N3O4. The van der Waals surface area contributed by atoms with Crippen LogP contribution in [0, 0.1) is 0 Å². The number of amides is 1. The van der Waals surface area contributed by atoms with Gasteiger partial charge in [0, 0.05) is 17.3 Å². The molecule has 7 heteroatoms. The average molecular weight is 357 g/mol. The molecule has 0 bridgehead atoms. The number of nitrogens with zero attached hydrogens (tertiary/aromatic N) is 1. The fraction of sp³-hybridized carbons (Fsp3) is 0.263. The van der Waals surface area contributed by atoms with Gasteiger partial charge in [-0.05, 0) is 43.3 Å². The van der Waals surface area contributed by atoms with E-state index in [1.165, 1.54) is 0 Å². The van der Waals surface area contributed by atoms with Crippen molar-refractivity contribution in [3.8, 4) is 17.2 Å². The smallest absolute Gasteiger partial charge is 0.259 e. The van der Waals surface area contributed by atoms with Crippen LogP contribution >= 0.6 is 0 Å². The minimum Gasteiger partial charge on any atom is -0.497 e. The van der Waals surface area contributed by atoms with Crippen molar-refractivity contribution in [2.75, 3.05) is 33.2 Å². The zero-order valence-corrected chi connectivity index (χ0v) is 15.3. The van der Waals surface area contributed by atoms with E-state index in [-0.39, 0.29) is 12.5 Å². The van der Waals surface area contributed by atoms with Gasteiger partial charge in [-0.15, -0.1) is 0 Å². The van der Waals surface area contributed by atoms with Gasteiger partial charge in [0.05, 0.1) is 33.6 Å². The number of carbonyl (C=O) groups excluding carboxylic acids is 1. The maximum atomic E-state index is 12.0. The van der Waals surface area contributed by atoms with Gasteiger partial charge in [0.25, 0.3) is 5.91 Å². The van der Waals surface area contributed by atoms with Gasteiger partial charge in [-0.2, -0.15) is 5.10 Å². The molecule has 0 saturated carbocycles. The van der Waals surface area contributed by atoms with E-state index < -0.39 is 0 Å². The van der Waals surface area contributed by atoms with E-state index in [1.807, 2.05) is 36.4 Å². The van der Waals surface area contributed by atoms with Crippen LogP contribution in [0.25, 0.3) is 0 Å². The van der Waals surface area contributed by atoms with E-state index in [4.69, 9.17) is 14.2 Å². The molecule has 1 amide bonds. The summed E-state index contributed by atoms with van der Waals surface area (Å²) in [4.78, 5) is 12.0. The van der Waals surface area contributed by atoms with Crippen LogP contribution < -0.4 is 25.0 Å². The summed E-state index contributed by atoms with van der Waals surface area (Å²) in [6, 6.07) is 12.7. The van der Waals surface area contributed by atoms with Crippen molar-refractivity contribution in [2.45, 2.75) is 6.92 Å². The number of hydrogen-bond acceptors (Lipinski definition) is 6. The van der Waals surface area contributed by atoms with Gasteiger partial charge < -0.3 is 19.5 Å². The molecule has 0 spiro atoms. The molecule has 0 saturated heterocycles. The van der Waals surface area contributed by atoms with Crippen LogP contribution in [-0.4, -0.2) is 39.5 Å². The lowest BCUT2D eigenvalue weighted by atomic mass is 10.1. The molecular weight excluding hydrogens is 334 g/mol. The summed E-state index contributed by atoms with van der Waals surface area (Å²) in [5.41, 5.74) is 4.75. The predicted octanol–water partition coefficient (Wildman–Crippen LogP) is 2.66. The number of anilines is 1. The van der Waals surface area contributed by atoms with Crippen molar-refractivity contribution in [1.29, 1.82) is 0 Å². The molecule has 138 valence electrons. The van der Waals surface area contributed by atoms with E-state index in [2.05, 4.69) is 15.8 Å². The van der Waals surface area contributed by atoms with Crippen molar-refractivity contribution < 1.29 is 19.0 Å². The molecule has 0 heterocycles. The van der Waals surface area contributed by atoms with Crippen molar-refractivity contribution in [3.05, 3.63) is 48.0 Å². The van der Waals surface area contributed by atoms with Gasteiger partial charge in [0.2, 0.25) is 0 Å². The van der Waals surface area contributed by atoms with E-state index in [1.54, 1.807) is 34.3 Å². The van der Waals surface area contributed by atoms with Crippen LogP contribution in [0.15, 0.2) is 47.6 Å². The lowest BCUT2D eigenvalue weighted by Gasteiger charge is -2.10. The molecule has 0 radical (unpaired) electrons. The van der Waals surface area contributed by atoms with Crippen LogP contribution in [0.2, 0.25) is 0 Å². The molecule has 0 aliphatic heterocycles. The van der Waals surface area contributed by atoms with E-state index in [9.17, 15) is 4.79 Å². The van der Waals surface area contributed by atoms with Crippen LogP contribution in [0.3, 0.4) is 0 Å². The molecule has 0 aliphatic rings. The first-order valence-corrected chi connectivity index (χ1v) is 8.00. The molecule has 0 unspecified atom stereocenters. The Balaban J connectivity index is 1.94. The highest BCUT2D eigenvalue weighted by atomic mass is 16.5. The zero-order chi connectivity index (χ0) is 18.9. The van der Waals surface area contributed by atoms with Gasteiger partial charge >= 0.3 is 0 Å². The number of hydrogen-bond donors (Lipinski definition) is 2. The highest BCUT2D eigenvalue weighted by Crippen LogP contribution is 2.25. The third-order valence-electron chi connectivity index (χ3n) is 3.69. The highest BCUT2D eigenvalue weighted by Gasteiger charge is 2.09. The fourth-order valence-electron chi connectivity index (χ4n) is 2.23. The molecule has 0 fully saturated rings. The number of carbonyl (C=O) groups is 1. The monoisotopic (exact) mass is 357 g/mol. The lowest BCUT2D eigenvalue weighted by Crippen LogP contribution is -2.26. The SMILES string of the molecule is COc1ccc(NCC(=O)N/N=C(\C)c2ccc(OC)cc2OC)cc1. The lowest BCUT2D eigenvalue weighted by molar-refractivity contribution is -0.119. The zero-order valence-electron chi connectivity index (χ0n) is 15.3. The van der Waals surface area contributed by atoms with Crippen LogP contribution in [-0.2, 0) is 4.79 Å². The quantitative estimate of drug-likeness (QED) is 0.561. The normalized spacial score (nSPS) is 10.8. The molecule has 0 atom stereocenters. The Kier molecular flexibility index (Phi) is 6.84. The third-order valence-corrected chi connectivity index (χ3v) is 3.69. The molecule has 2 aromatic carbocycles. The van der Waals surface area contributed by atoms with Crippen molar-refractivity contribution >= 4 is 17.3 Å². The van der Waals surface area contributed by atoms with Gasteiger partial charge in [-0.1, -0.05) is 0 Å². The first kappa shape index (κ1) is 19.1. The third kappa shape index (κ3) is 5.14. The first-order chi connectivity index (χ1) is 12.6. The minimum atomic E-state index is -0.257. The van der Waals surface area contributed by atoms with Gasteiger partial charge in [0.1, 0.15) is 17.2 Å². The Bertz CT molecular complexity index is 773. The average Bonchev–Trinajstić information content (AvgIpc) is 2.70. The number of nitrogens with one attached hydrogen (secondary N) is 2. The maximum absolute atomic E-state index is 12.0. The predicted molar refractivity (Wildman–Crippen MR) is 101 cm³/mol. The number of ether oxygens (including phenoxy) is 3. The molecule has 2 rings (SSSR count). The summed E-state index contributed by atoms with van der Waals surface area (Å²) in [5.74, 6) is 1.81.